The van der Waals surface area contributed by atoms with Crippen LogP contribution in [0.5, 0.6) is 5.75 Å². The van der Waals surface area contributed by atoms with Gasteiger partial charge in [0.05, 0.1) is 0 Å². The van der Waals surface area contributed by atoms with Gasteiger partial charge in [-0.25, -0.2) is 0 Å². The van der Waals surface area contributed by atoms with Crippen molar-refractivity contribution in [2.24, 2.45) is 0 Å². The van der Waals surface area contributed by atoms with Gasteiger partial charge in [-0.15, -0.1) is 0 Å². The standard InChI is InChI=1S/C22H22N2O4/c25-19-11-10-18-17(19)3-1-4-20(18)28-14-21(26)23-13-15-6-8-16(9-7-15)24-12-2-5-22(24)27/h1,3-4,6-9H,2,5,10-14H2,(H,23,26). The summed E-state index contributed by atoms with van der Waals surface area (Å²) >= 11 is 0. The topological polar surface area (TPSA) is 75.7 Å². The Balaban J connectivity index is 1.28. The molecule has 1 aliphatic carbocycles. The van der Waals surface area contributed by atoms with Crippen molar-refractivity contribution in [1.29, 1.82) is 0 Å². The zero-order valence-electron chi connectivity index (χ0n) is 15.6. The third-order valence-electron chi connectivity index (χ3n) is 5.21. The molecule has 0 saturated carbocycles. The van der Waals surface area contributed by atoms with Crippen LogP contribution in [0.1, 0.15) is 40.7 Å². The lowest BCUT2D eigenvalue weighted by Crippen LogP contribution is -2.28. The van der Waals surface area contributed by atoms with E-state index < -0.39 is 0 Å². The number of amides is 2. The minimum absolute atomic E-state index is 0.0923. The van der Waals surface area contributed by atoms with E-state index in [1.54, 1.807) is 23.1 Å². The van der Waals surface area contributed by atoms with E-state index in [0.29, 0.717) is 37.1 Å². The Labute approximate surface area is 163 Å². The number of ether oxygens (including phenoxy) is 1. The smallest absolute Gasteiger partial charge is 0.258 e. The Morgan fingerprint density at radius 3 is 2.61 bits per heavy atom. The summed E-state index contributed by atoms with van der Waals surface area (Å²) in [5, 5.41) is 2.83. The average Bonchev–Trinajstić information content (AvgIpc) is 3.31. The van der Waals surface area contributed by atoms with Crippen LogP contribution in [0.15, 0.2) is 42.5 Å². The van der Waals surface area contributed by atoms with E-state index in [9.17, 15) is 14.4 Å². The van der Waals surface area contributed by atoms with Crippen LogP contribution in [-0.4, -0.2) is 30.7 Å². The van der Waals surface area contributed by atoms with E-state index >= 15 is 0 Å². The molecule has 2 aromatic rings. The summed E-state index contributed by atoms with van der Waals surface area (Å²) in [6.07, 6.45) is 2.67. The maximum atomic E-state index is 12.1. The van der Waals surface area contributed by atoms with Gasteiger partial charge < -0.3 is 15.0 Å². The lowest BCUT2D eigenvalue weighted by Gasteiger charge is -2.16. The van der Waals surface area contributed by atoms with Crippen molar-refractivity contribution in [3.63, 3.8) is 0 Å². The number of ketones is 1. The summed E-state index contributed by atoms with van der Waals surface area (Å²) in [5.41, 5.74) is 3.45. The first-order valence-electron chi connectivity index (χ1n) is 9.56. The molecule has 144 valence electrons. The van der Waals surface area contributed by atoms with Gasteiger partial charge in [-0.3, -0.25) is 14.4 Å². The van der Waals surface area contributed by atoms with E-state index in [1.807, 2.05) is 24.3 Å². The highest BCUT2D eigenvalue weighted by Gasteiger charge is 2.23. The summed E-state index contributed by atoms with van der Waals surface area (Å²) < 4.78 is 5.64. The fraction of sp³-hybridized carbons (Fsp3) is 0.318. The van der Waals surface area contributed by atoms with Gasteiger partial charge in [0.25, 0.3) is 5.91 Å². The predicted octanol–water partition coefficient (Wildman–Crippen LogP) is 2.64. The largest absolute Gasteiger partial charge is 0.483 e. The number of hydrogen-bond donors (Lipinski definition) is 1. The maximum absolute atomic E-state index is 12.1. The summed E-state index contributed by atoms with van der Waals surface area (Å²) in [4.78, 5) is 37.5. The number of carbonyl (C=O) groups is 3. The zero-order chi connectivity index (χ0) is 19.5. The highest BCUT2D eigenvalue weighted by Crippen LogP contribution is 2.30. The molecule has 1 fully saturated rings. The Morgan fingerprint density at radius 2 is 1.86 bits per heavy atom. The molecule has 0 radical (unpaired) electrons. The third kappa shape index (κ3) is 3.76. The van der Waals surface area contributed by atoms with Gasteiger partial charge in [-0.05, 0) is 36.6 Å². The van der Waals surface area contributed by atoms with Crippen molar-refractivity contribution in [3.05, 3.63) is 59.2 Å². The third-order valence-corrected chi connectivity index (χ3v) is 5.21. The van der Waals surface area contributed by atoms with E-state index in [2.05, 4.69) is 5.32 Å². The number of rotatable bonds is 6. The zero-order valence-corrected chi connectivity index (χ0v) is 15.6. The van der Waals surface area contributed by atoms with Crippen molar-refractivity contribution < 1.29 is 19.1 Å². The van der Waals surface area contributed by atoms with Gasteiger partial charge in [0.1, 0.15) is 5.75 Å². The quantitative estimate of drug-likeness (QED) is 0.838. The van der Waals surface area contributed by atoms with Crippen LogP contribution in [0.3, 0.4) is 0 Å². The van der Waals surface area contributed by atoms with Gasteiger partial charge in [0.15, 0.2) is 12.4 Å². The molecule has 2 amide bonds. The molecule has 1 heterocycles. The van der Waals surface area contributed by atoms with E-state index in [4.69, 9.17) is 4.74 Å². The number of nitrogens with one attached hydrogen (secondary N) is 1. The van der Waals surface area contributed by atoms with Crippen LogP contribution in [0.25, 0.3) is 0 Å². The van der Waals surface area contributed by atoms with Crippen LogP contribution in [-0.2, 0) is 22.6 Å². The van der Waals surface area contributed by atoms with Gasteiger partial charge in [-0.2, -0.15) is 0 Å². The summed E-state index contributed by atoms with van der Waals surface area (Å²) in [6, 6.07) is 13.0. The molecular weight excluding hydrogens is 356 g/mol. The Kier molecular flexibility index (Phi) is 5.10. The highest BCUT2D eigenvalue weighted by molar-refractivity contribution is 6.01. The number of fused-ring (bicyclic) bond motifs is 1. The molecule has 0 spiro atoms. The van der Waals surface area contributed by atoms with E-state index in [0.717, 1.165) is 29.8 Å². The molecule has 6 heteroatoms. The lowest BCUT2D eigenvalue weighted by atomic mass is 10.1. The fourth-order valence-electron chi connectivity index (χ4n) is 3.70. The number of carbonyl (C=O) groups excluding carboxylic acids is 3. The minimum atomic E-state index is -0.222. The second-order valence-corrected chi connectivity index (χ2v) is 7.09. The molecule has 28 heavy (non-hydrogen) atoms. The molecule has 2 aliphatic rings. The Hall–Kier alpha value is -3.15. The van der Waals surface area contributed by atoms with Gasteiger partial charge in [0.2, 0.25) is 5.91 Å². The fourth-order valence-corrected chi connectivity index (χ4v) is 3.70. The van der Waals surface area contributed by atoms with Crippen LogP contribution in [0.2, 0.25) is 0 Å². The van der Waals surface area contributed by atoms with E-state index in [-0.39, 0.29) is 24.2 Å². The molecule has 4 rings (SSSR count). The first-order chi connectivity index (χ1) is 13.6. The lowest BCUT2D eigenvalue weighted by molar-refractivity contribution is -0.123. The van der Waals surface area contributed by atoms with Crippen molar-refractivity contribution >= 4 is 23.3 Å². The molecule has 0 unspecified atom stereocenters. The van der Waals surface area contributed by atoms with Crippen molar-refractivity contribution in [3.8, 4) is 5.75 Å². The summed E-state index contributed by atoms with van der Waals surface area (Å²) in [5.74, 6) is 0.676. The van der Waals surface area contributed by atoms with Crippen LogP contribution < -0.4 is 15.0 Å². The minimum Gasteiger partial charge on any atom is -0.483 e. The van der Waals surface area contributed by atoms with Gasteiger partial charge >= 0.3 is 0 Å². The number of Topliss-reactive ketones (excluding diaryl/α,β-unsaturated/α-hetero) is 1. The van der Waals surface area contributed by atoms with Crippen LogP contribution in [0.4, 0.5) is 5.69 Å². The SMILES string of the molecule is O=C(COc1cccc2c1CCC2=O)NCc1ccc(N2CCCC2=O)cc1. The van der Waals surface area contributed by atoms with Crippen molar-refractivity contribution in [1.82, 2.24) is 5.32 Å². The maximum Gasteiger partial charge on any atom is 0.258 e. The molecular formula is C22H22N2O4. The van der Waals surface area contributed by atoms with Gasteiger partial charge in [-0.1, -0.05) is 24.3 Å². The predicted molar refractivity (Wildman–Crippen MR) is 104 cm³/mol. The summed E-state index contributed by atoms with van der Waals surface area (Å²) in [7, 11) is 0. The summed E-state index contributed by atoms with van der Waals surface area (Å²) in [6.45, 7) is 1.06. The monoisotopic (exact) mass is 378 g/mol. The first-order valence-corrected chi connectivity index (χ1v) is 9.56. The number of benzene rings is 2. The molecule has 6 nitrogen and oxygen atoms in total. The molecule has 1 saturated heterocycles. The molecule has 0 atom stereocenters. The van der Waals surface area contributed by atoms with Crippen molar-refractivity contribution in [2.45, 2.75) is 32.2 Å². The molecule has 1 aliphatic heterocycles. The molecule has 0 aromatic heterocycles. The number of anilines is 1. The molecule has 2 aromatic carbocycles. The van der Waals surface area contributed by atoms with Crippen LogP contribution >= 0.6 is 0 Å². The second-order valence-electron chi connectivity index (χ2n) is 7.09. The Morgan fingerprint density at radius 1 is 1.04 bits per heavy atom. The first kappa shape index (κ1) is 18.2. The molecule has 0 bridgehead atoms. The van der Waals surface area contributed by atoms with Crippen LogP contribution in [0, 0.1) is 0 Å². The number of nitrogens with zero attached hydrogens (tertiary/aromatic N) is 1. The van der Waals surface area contributed by atoms with E-state index in [1.165, 1.54) is 0 Å². The molecule has 1 N–H and O–H groups in total. The Bertz CT molecular complexity index is 921. The highest BCUT2D eigenvalue weighted by atomic mass is 16.5. The second kappa shape index (κ2) is 7.84. The van der Waals surface area contributed by atoms with Crippen molar-refractivity contribution in [2.75, 3.05) is 18.1 Å². The average molecular weight is 378 g/mol. The normalized spacial score (nSPS) is 15.6. The number of hydrogen-bond acceptors (Lipinski definition) is 4. The van der Waals surface area contributed by atoms with Gasteiger partial charge in [0, 0.05) is 42.7 Å².